The van der Waals surface area contributed by atoms with E-state index in [1.165, 1.54) is 12.1 Å². The van der Waals surface area contributed by atoms with Gasteiger partial charge in [0.1, 0.15) is 12.4 Å². The summed E-state index contributed by atoms with van der Waals surface area (Å²) < 4.78 is 16.7. The van der Waals surface area contributed by atoms with Crippen LogP contribution in [0.25, 0.3) is 22.2 Å². The number of halogens is 3. The monoisotopic (exact) mass is 522 g/mol. The van der Waals surface area contributed by atoms with E-state index in [1.54, 1.807) is 45.9 Å². The standard InChI is InChI=1S/C26H21Cl2FN6O/c1-15-11-23(33-34(15)13-17-3-8-21(27)22(28)12-17)31-24(36)14-35-26-25(16(2)32-35)20(9-10-30-26)18-4-6-19(29)7-5-18/h3-12H,13-14H2,1-2H3,(H,31,33,36). The Morgan fingerprint density at radius 3 is 2.50 bits per heavy atom. The van der Waals surface area contributed by atoms with E-state index in [1.807, 2.05) is 26.0 Å². The number of carbonyl (C=O) groups is 1. The van der Waals surface area contributed by atoms with Crippen LogP contribution < -0.4 is 5.32 Å². The number of hydrogen-bond acceptors (Lipinski definition) is 4. The highest BCUT2D eigenvalue weighted by Gasteiger charge is 2.17. The molecule has 5 rings (SSSR count). The normalized spacial score (nSPS) is 11.2. The molecule has 0 saturated carbocycles. The quantitative estimate of drug-likeness (QED) is 0.294. The number of benzene rings is 2. The van der Waals surface area contributed by atoms with Crippen molar-refractivity contribution < 1.29 is 9.18 Å². The van der Waals surface area contributed by atoms with Crippen LogP contribution in [-0.2, 0) is 17.9 Å². The predicted octanol–water partition coefficient (Wildman–Crippen LogP) is 6.04. The zero-order valence-corrected chi connectivity index (χ0v) is 21.0. The molecular formula is C26H21Cl2FN6O. The second-order valence-corrected chi connectivity index (χ2v) is 9.25. The first-order valence-corrected chi connectivity index (χ1v) is 11.9. The summed E-state index contributed by atoms with van der Waals surface area (Å²) in [7, 11) is 0. The van der Waals surface area contributed by atoms with Crippen molar-refractivity contribution in [3.05, 3.63) is 93.6 Å². The van der Waals surface area contributed by atoms with Gasteiger partial charge in [-0.3, -0.25) is 9.48 Å². The van der Waals surface area contributed by atoms with Crippen molar-refractivity contribution in [1.29, 1.82) is 0 Å². The van der Waals surface area contributed by atoms with Crippen LogP contribution in [0.5, 0.6) is 0 Å². The largest absolute Gasteiger partial charge is 0.308 e. The molecule has 182 valence electrons. The van der Waals surface area contributed by atoms with Crippen LogP contribution in [0, 0.1) is 19.7 Å². The third-order valence-electron chi connectivity index (χ3n) is 5.82. The molecular weight excluding hydrogens is 502 g/mol. The number of pyridine rings is 1. The molecule has 0 aliphatic rings. The minimum Gasteiger partial charge on any atom is -0.308 e. The molecule has 3 heterocycles. The molecule has 0 saturated heterocycles. The number of nitrogens with one attached hydrogen (secondary N) is 1. The lowest BCUT2D eigenvalue weighted by Crippen LogP contribution is -2.20. The molecule has 3 aromatic heterocycles. The van der Waals surface area contributed by atoms with Gasteiger partial charge in [-0.15, -0.1) is 0 Å². The fourth-order valence-electron chi connectivity index (χ4n) is 4.12. The van der Waals surface area contributed by atoms with Crippen LogP contribution in [-0.4, -0.2) is 30.5 Å². The van der Waals surface area contributed by atoms with Gasteiger partial charge in [-0.25, -0.2) is 14.1 Å². The van der Waals surface area contributed by atoms with Gasteiger partial charge in [-0.1, -0.05) is 41.4 Å². The lowest BCUT2D eigenvalue weighted by Gasteiger charge is -2.06. The van der Waals surface area contributed by atoms with Crippen LogP contribution in [0.15, 0.2) is 60.8 Å². The molecule has 0 unspecified atom stereocenters. The van der Waals surface area contributed by atoms with Crippen LogP contribution in [0.1, 0.15) is 17.0 Å². The minimum atomic E-state index is -0.303. The van der Waals surface area contributed by atoms with E-state index in [0.717, 1.165) is 33.5 Å². The molecule has 2 aromatic carbocycles. The van der Waals surface area contributed by atoms with Crippen LogP contribution >= 0.6 is 23.2 Å². The van der Waals surface area contributed by atoms with Gasteiger partial charge in [0.15, 0.2) is 11.5 Å². The van der Waals surface area contributed by atoms with E-state index < -0.39 is 0 Å². The van der Waals surface area contributed by atoms with Crippen molar-refractivity contribution in [2.45, 2.75) is 26.9 Å². The Kier molecular flexibility index (Phi) is 6.47. The molecule has 1 N–H and O–H groups in total. The third kappa shape index (κ3) is 4.82. The molecule has 10 heteroatoms. The zero-order chi connectivity index (χ0) is 25.4. The minimum absolute atomic E-state index is 0.0388. The number of fused-ring (bicyclic) bond motifs is 1. The number of aromatic nitrogens is 5. The second kappa shape index (κ2) is 9.72. The number of hydrogen-bond donors (Lipinski definition) is 1. The maximum atomic E-state index is 13.4. The zero-order valence-electron chi connectivity index (χ0n) is 19.5. The van der Waals surface area contributed by atoms with Crippen molar-refractivity contribution in [3.8, 4) is 11.1 Å². The van der Waals surface area contributed by atoms with E-state index in [9.17, 15) is 9.18 Å². The fraction of sp³-hybridized carbons (Fsp3) is 0.154. The summed E-state index contributed by atoms with van der Waals surface area (Å²) in [6, 6.07) is 15.3. The van der Waals surface area contributed by atoms with Gasteiger partial charge >= 0.3 is 0 Å². The summed E-state index contributed by atoms with van der Waals surface area (Å²) >= 11 is 12.1. The Morgan fingerprint density at radius 1 is 0.972 bits per heavy atom. The van der Waals surface area contributed by atoms with Gasteiger partial charge in [-0.05, 0) is 60.9 Å². The Balaban J connectivity index is 1.34. The summed E-state index contributed by atoms with van der Waals surface area (Å²) in [5, 5.41) is 13.7. The molecule has 1 amide bonds. The predicted molar refractivity (Wildman–Crippen MR) is 139 cm³/mol. The van der Waals surface area contributed by atoms with E-state index >= 15 is 0 Å². The van der Waals surface area contributed by atoms with Gasteiger partial charge < -0.3 is 5.32 Å². The van der Waals surface area contributed by atoms with Crippen molar-refractivity contribution >= 4 is 46.0 Å². The maximum absolute atomic E-state index is 13.4. The molecule has 5 aromatic rings. The average Bonchev–Trinajstić information content (AvgIpc) is 3.35. The van der Waals surface area contributed by atoms with Crippen molar-refractivity contribution in [3.63, 3.8) is 0 Å². The Labute approximate surface area is 216 Å². The fourth-order valence-corrected chi connectivity index (χ4v) is 4.44. The van der Waals surface area contributed by atoms with E-state index in [-0.39, 0.29) is 18.3 Å². The highest BCUT2D eigenvalue weighted by atomic mass is 35.5. The van der Waals surface area contributed by atoms with Gasteiger partial charge in [0.25, 0.3) is 0 Å². The molecule has 0 aliphatic carbocycles. The number of anilines is 1. The number of nitrogens with zero attached hydrogens (tertiary/aromatic N) is 5. The Hall–Kier alpha value is -3.75. The van der Waals surface area contributed by atoms with Crippen molar-refractivity contribution in [2.75, 3.05) is 5.32 Å². The Bertz CT molecular complexity index is 1590. The summed E-state index contributed by atoms with van der Waals surface area (Å²) in [5.74, 6) is -0.152. The highest BCUT2D eigenvalue weighted by Crippen LogP contribution is 2.30. The summed E-state index contributed by atoms with van der Waals surface area (Å²) in [5.41, 5.74) is 4.84. The first-order chi connectivity index (χ1) is 17.3. The molecule has 0 spiro atoms. The molecule has 0 aliphatic heterocycles. The first-order valence-electron chi connectivity index (χ1n) is 11.1. The summed E-state index contributed by atoms with van der Waals surface area (Å²) in [4.78, 5) is 17.3. The maximum Gasteiger partial charge on any atom is 0.247 e. The smallest absolute Gasteiger partial charge is 0.247 e. The number of amides is 1. The highest BCUT2D eigenvalue weighted by molar-refractivity contribution is 6.42. The molecule has 7 nitrogen and oxygen atoms in total. The van der Waals surface area contributed by atoms with Crippen LogP contribution in [0.3, 0.4) is 0 Å². The average molecular weight is 523 g/mol. The summed E-state index contributed by atoms with van der Waals surface area (Å²) in [6.45, 7) is 4.21. The number of rotatable bonds is 6. The molecule has 0 bridgehead atoms. The van der Waals surface area contributed by atoms with E-state index in [4.69, 9.17) is 23.2 Å². The molecule has 0 atom stereocenters. The lowest BCUT2D eigenvalue weighted by molar-refractivity contribution is -0.116. The third-order valence-corrected chi connectivity index (χ3v) is 6.56. The lowest BCUT2D eigenvalue weighted by atomic mass is 10.0. The molecule has 0 radical (unpaired) electrons. The van der Waals surface area contributed by atoms with Gasteiger partial charge in [0, 0.05) is 23.3 Å². The van der Waals surface area contributed by atoms with Crippen molar-refractivity contribution in [1.82, 2.24) is 24.5 Å². The molecule has 0 fully saturated rings. The van der Waals surface area contributed by atoms with E-state index in [0.29, 0.717) is 28.1 Å². The van der Waals surface area contributed by atoms with Crippen LogP contribution in [0.4, 0.5) is 10.2 Å². The number of carbonyl (C=O) groups excluding carboxylic acids is 1. The Morgan fingerprint density at radius 2 is 1.75 bits per heavy atom. The van der Waals surface area contributed by atoms with E-state index in [2.05, 4.69) is 20.5 Å². The topological polar surface area (TPSA) is 77.6 Å². The first kappa shape index (κ1) is 24.0. The van der Waals surface area contributed by atoms with Gasteiger partial charge in [0.05, 0.1) is 22.3 Å². The van der Waals surface area contributed by atoms with Crippen LogP contribution in [0.2, 0.25) is 10.0 Å². The van der Waals surface area contributed by atoms with Gasteiger partial charge in [0.2, 0.25) is 5.91 Å². The summed E-state index contributed by atoms with van der Waals surface area (Å²) in [6.07, 6.45) is 1.66. The molecule has 36 heavy (non-hydrogen) atoms. The SMILES string of the molecule is Cc1nn(CC(=O)Nc2cc(C)n(Cc3ccc(Cl)c(Cl)c3)n2)c2nccc(-c3ccc(F)cc3)c12. The van der Waals surface area contributed by atoms with Crippen molar-refractivity contribution in [2.24, 2.45) is 0 Å². The number of aryl methyl sites for hydroxylation is 2. The van der Waals surface area contributed by atoms with Gasteiger partial charge in [-0.2, -0.15) is 10.2 Å². The second-order valence-electron chi connectivity index (χ2n) is 8.43.